The van der Waals surface area contributed by atoms with Crippen LogP contribution in [0, 0.1) is 0 Å². The molecule has 0 saturated heterocycles. The molecule has 2 heterocycles. The molecule has 1 N–H and O–H groups in total. The Balaban J connectivity index is 1.65. The molecule has 164 valence electrons. The third-order valence-corrected chi connectivity index (χ3v) is 5.31. The zero-order valence-corrected chi connectivity index (χ0v) is 18.8. The van der Waals surface area contributed by atoms with Crippen LogP contribution in [-0.2, 0) is 11.3 Å². The molecule has 2 aromatic heterocycles. The molecule has 0 aliphatic carbocycles. The Kier molecular flexibility index (Phi) is 6.09. The molecule has 9 heteroatoms. The van der Waals surface area contributed by atoms with Crippen LogP contribution in [0.15, 0.2) is 69.0 Å². The maximum absolute atomic E-state index is 13.0. The predicted molar refractivity (Wildman–Crippen MR) is 123 cm³/mol. The summed E-state index contributed by atoms with van der Waals surface area (Å²) in [6.45, 7) is 6.07. The second kappa shape index (κ2) is 8.96. The van der Waals surface area contributed by atoms with Gasteiger partial charge in [-0.25, -0.2) is 4.68 Å². The van der Waals surface area contributed by atoms with E-state index in [9.17, 15) is 9.59 Å². The quantitative estimate of drug-likeness (QED) is 0.449. The predicted octanol–water partition coefficient (Wildman–Crippen LogP) is 3.50. The molecule has 2 aromatic carbocycles. The molecular formula is C23H23N5O3S. The van der Waals surface area contributed by atoms with Crippen LogP contribution in [0.3, 0.4) is 0 Å². The number of carbonyl (C=O) groups excluding carboxylic acids is 1. The minimum atomic E-state index is -0.313. The lowest BCUT2D eigenvalue weighted by atomic mass is 10.1. The zero-order chi connectivity index (χ0) is 22.7. The summed E-state index contributed by atoms with van der Waals surface area (Å²) in [6, 6.07) is 16.8. The van der Waals surface area contributed by atoms with Gasteiger partial charge in [-0.15, -0.1) is 10.2 Å². The molecule has 32 heavy (non-hydrogen) atoms. The lowest BCUT2D eigenvalue weighted by molar-refractivity contribution is -0.119. The number of carbonyl (C=O) groups is 1. The lowest BCUT2D eigenvalue weighted by Gasteiger charge is -2.19. The second-order valence-electron chi connectivity index (χ2n) is 8.30. The van der Waals surface area contributed by atoms with E-state index in [-0.39, 0.29) is 33.9 Å². The maximum atomic E-state index is 13.0. The van der Waals surface area contributed by atoms with Gasteiger partial charge in [0.15, 0.2) is 5.69 Å². The van der Waals surface area contributed by atoms with Crippen LogP contribution in [-0.4, -0.2) is 37.2 Å². The van der Waals surface area contributed by atoms with Gasteiger partial charge in [0.05, 0.1) is 17.7 Å². The number of aromatic nitrogens is 4. The number of fused-ring (bicyclic) bond motifs is 1. The van der Waals surface area contributed by atoms with Crippen LogP contribution < -0.4 is 10.9 Å². The Labute approximate surface area is 189 Å². The monoisotopic (exact) mass is 449 g/mol. The van der Waals surface area contributed by atoms with Crippen molar-refractivity contribution in [1.29, 1.82) is 0 Å². The van der Waals surface area contributed by atoms with Crippen LogP contribution in [0.1, 0.15) is 26.3 Å². The summed E-state index contributed by atoms with van der Waals surface area (Å²) >= 11 is 1.15. The summed E-state index contributed by atoms with van der Waals surface area (Å²) in [4.78, 5) is 25.1. The van der Waals surface area contributed by atoms with Crippen molar-refractivity contribution in [3.63, 3.8) is 0 Å². The average Bonchev–Trinajstić information content (AvgIpc) is 3.23. The van der Waals surface area contributed by atoms with E-state index in [1.165, 1.54) is 4.68 Å². The van der Waals surface area contributed by atoms with Crippen molar-refractivity contribution in [2.75, 3.05) is 5.75 Å². The minimum absolute atomic E-state index is 0.123. The average molecular weight is 450 g/mol. The molecule has 0 fully saturated rings. The van der Waals surface area contributed by atoms with Gasteiger partial charge in [-0.05, 0) is 32.4 Å². The number of nitrogens with one attached hydrogen (secondary N) is 1. The van der Waals surface area contributed by atoms with Crippen LogP contribution >= 0.6 is 11.8 Å². The van der Waals surface area contributed by atoms with Gasteiger partial charge >= 0.3 is 0 Å². The molecule has 0 radical (unpaired) electrons. The van der Waals surface area contributed by atoms with Gasteiger partial charge in [0.2, 0.25) is 5.91 Å². The van der Waals surface area contributed by atoms with Gasteiger partial charge in [-0.2, -0.15) is 5.10 Å². The van der Waals surface area contributed by atoms with Crippen molar-refractivity contribution in [3.8, 4) is 11.6 Å². The van der Waals surface area contributed by atoms with Crippen molar-refractivity contribution in [2.45, 2.75) is 38.1 Å². The normalized spacial score (nSPS) is 11.6. The van der Waals surface area contributed by atoms with Crippen molar-refractivity contribution >= 4 is 28.4 Å². The van der Waals surface area contributed by atoms with E-state index in [0.717, 1.165) is 17.3 Å². The van der Waals surface area contributed by atoms with Crippen LogP contribution in [0.5, 0.6) is 0 Å². The summed E-state index contributed by atoms with van der Waals surface area (Å²) in [5, 5.41) is 17.0. The van der Waals surface area contributed by atoms with E-state index in [0.29, 0.717) is 23.0 Å². The Morgan fingerprint density at radius 2 is 1.72 bits per heavy atom. The summed E-state index contributed by atoms with van der Waals surface area (Å²) < 4.78 is 7.19. The SMILES string of the molecule is CC(C)(C)NC(=O)CSc1nnc(-c2nn(Cc3ccccc3)c(=O)c3ccccc23)o1. The maximum Gasteiger partial charge on any atom is 0.277 e. The molecule has 0 spiro atoms. The first-order chi connectivity index (χ1) is 15.3. The third kappa shape index (κ3) is 5.05. The second-order valence-corrected chi connectivity index (χ2v) is 9.23. The number of nitrogens with zero attached hydrogens (tertiary/aromatic N) is 4. The molecule has 1 amide bonds. The van der Waals surface area contributed by atoms with Crippen LogP contribution in [0.4, 0.5) is 0 Å². The summed E-state index contributed by atoms with van der Waals surface area (Å²) in [6.07, 6.45) is 0. The highest BCUT2D eigenvalue weighted by molar-refractivity contribution is 7.99. The van der Waals surface area contributed by atoms with Crippen LogP contribution in [0.2, 0.25) is 0 Å². The molecular weight excluding hydrogens is 426 g/mol. The number of benzene rings is 2. The first-order valence-electron chi connectivity index (χ1n) is 10.1. The first-order valence-corrected chi connectivity index (χ1v) is 11.1. The Morgan fingerprint density at radius 3 is 2.44 bits per heavy atom. The Morgan fingerprint density at radius 1 is 1.03 bits per heavy atom. The largest absolute Gasteiger partial charge is 0.409 e. The number of thioether (sulfide) groups is 1. The molecule has 0 saturated carbocycles. The van der Waals surface area contributed by atoms with Crippen molar-refractivity contribution in [1.82, 2.24) is 25.3 Å². The topological polar surface area (TPSA) is 103 Å². The van der Waals surface area contributed by atoms with Crippen molar-refractivity contribution in [2.24, 2.45) is 0 Å². The van der Waals surface area contributed by atoms with Crippen molar-refractivity contribution in [3.05, 3.63) is 70.5 Å². The van der Waals surface area contributed by atoms with E-state index >= 15 is 0 Å². The van der Waals surface area contributed by atoms with E-state index in [1.54, 1.807) is 12.1 Å². The van der Waals surface area contributed by atoms with Gasteiger partial charge in [0.25, 0.3) is 16.7 Å². The summed E-state index contributed by atoms with van der Waals surface area (Å²) in [5.41, 5.74) is 0.873. The Bertz CT molecular complexity index is 1310. The third-order valence-electron chi connectivity index (χ3n) is 4.49. The molecule has 0 bridgehead atoms. The Hall–Kier alpha value is -3.46. The molecule has 4 rings (SSSR count). The number of rotatable bonds is 6. The van der Waals surface area contributed by atoms with Gasteiger partial charge < -0.3 is 9.73 Å². The molecule has 0 atom stereocenters. The van der Waals surface area contributed by atoms with Gasteiger partial charge in [0, 0.05) is 10.9 Å². The molecule has 0 unspecified atom stereocenters. The van der Waals surface area contributed by atoms with Crippen LogP contribution in [0.25, 0.3) is 22.4 Å². The molecule has 4 aromatic rings. The van der Waals surface area contributed by atoms with Gasteiger partial charge in [-0.3, -0.25) is 9.59 Å². The number of amides is 1. The molecule has 0 aliphatic rings. The summed E-state index contributed by atoms with van der Waals surface area (Å²) in [5.74, 6) is 0.226. The lowest BCUT2D eigenvalue weighted by Crippen LogP contribution is -2.41. The van der Waals surface area contributed by atoms with Gasteiger partial charge in [0.1, 0.15) is 0 Å². The fourth-order valence-electron chi connectivity index (χ4n) is 3.20. The summed E-state index contributed by atoms with van der Waals surface area (Å²) in [7, 11) is 0. The number of hydrogen-bond donors (Lipinski definition) is 1. The first kappa shape index (κ1) is 21.8. The fourth-order valence-corrected chi connectivity index (χ4v) is 3.77. The zero-order valence-electron chi connectivity index (χ0n) is 18.0. The fraction of sp³-hybridized carbons (Fsp3) is 0.261. The van der Waals surface area contributed by atoms with Crippen molar-refractivity contribution < 1.29 is 9.21 Å². The van der Waals surface area contributed by atoms with Gasteiger partial charge in [-0.1, -0.05) is 60.3 Å². The molecule has 0 aliphatic heterocycles. The highest BCUT2D eigenvalue weighted by atomic mass is 32.2. The van der Waals surface area contributed by atoms with E-state index < -0.39 is 0 Å². The standard InChI is InChI=1S/C23H23N5O3S/c1-23(2,3)24-18(29)14-32-22-26-25-20(31-22)19-16-11-7-8-12-17(16)21(30)28(27-19)13-15-9-5-4-6-10-15/h4-12H,13-14H2,1-3H3,(H,24,29). The minimum Gasteiger partial charge on any atom is -0.409 e. The van der Waals surface area contributed by atoms with E-state index in [4.69, 9.17) is 4.42 Å². The highest BCUT2D eigenvalue weighted by Gasteiger charge is 2.19. The van der Waals surface area contributed by atoms with E-state index in [1.807, 2.05) is 63.2 Å². The van der Waals surface area contributed by atoms with E-state index in [2.05, 4.69) is 20.6 Å². The smallest absolute Gasteiger partial charge is 0.277 e. The molecule has 8 nitrogen and oxygen atoms in total. The number of hydrogen-bond acceptors (Lipinski definition) is 7. The highest BCUT2D eigenvalue weighted by Crippen LogP contribution is 2.26.